The van der Waals surface area contributed by atoms with Gasteiger partial charge in [-0.15, -0.1) is 0 Å². The second kappa shape index (κ2) is 8.25. The fraction of sp³-hybridized carbons (Fsp3) is 0.438. The average molecular weight is 398 g/mol. The van der Waals surface area contributed by atoms with Crippen LogP contribution in [0.2, 0.25) is 0 Å². The molecule has 1 aromatic rings. The van der Waals surface area contributed by atoms with Crippen LogP contribution in [0.3, 0.4) is 0 Å². The normalized spacial score (nSPS) is 13.2. The predicted octanol–water partition coefficient (Wildman–Crippen LogP) is 1.46. The number of carbonyl (C=O) groups excluding carboxylic acids is 3. The zero-order chi connectivity index (χ0) is 17.7. The van der Waals surface area contributed by atoms with Gasteiger partial charge in [0, 0.05) is 30.7 Å². The van der Waals surface area contributed by atoms with E-state index in [1.54, 1.807) is 18.2 Å². The number of aliphatic hydroxyl groups excluding tert-OH is 1. The first-order valence-electron chi connectivity index (χ1n) is 7.79. The SMILES string of the molecule is CCN(CCO)C(=O)NCCCN1C(=O)c2ccc(Br)cc2C1=O. The first-order valence-corrected chi connectivity index (χ1v) is 8.58. The number of amides is 4. The van der Waals surface area contributed by atoms with Crippen molar-refractivity contribution in [2.24, 2.45) is 0 Å². The summed E-state index contributed by atoms with van der Waals surface area (Å²) in [6.07, 6.45) is 0.467. The molecule has 0 atom stereocenters. The molecule has 7 nitrogen and oxygen atoms in total. The van der Waals surface area contributed by atoms with Gasteiger partial charge in [0.25, 0.3) is 11.8 Å². The van der Waals surface area contributed by atoms with E-state index in [4.69, 9.17) is 5.11 Å². The highest BCUT2D eigenvalue weighted by Gasteiger charge is 2.34. The third-order valence-electron chi connectivity index (χ3n) is 3.81. The summed E-state index contributed by atoms with van der Waals surface area (Å²) in [5.74, 6) is -0.609. The van der Waals surface area contributed by atoms with E-state index in [-0.39, 0.29) is 37.5 Å². The minimum absolute atomic E-state index is 0.0914. The molecule has 0 saturated carbocycles. The van der Waals surface area contributed by atoms with Crippen LogP contribution < -0.4 is 5.32 Å². The van der Waals surface area contributed by atoms with Crippen molar-refractivity contribution >= 4 is 33.8 Å². The van der Waals surface area contributed by atoms with Crippen LogP contribution in [-0.4, -0.2) is 65.5 Å². The van der Waals surface area contributed by atoms with Crippen LogP contribution in [0.4, 0.5) is 4.79 Å². The molecule has 0 fully saturated rings. The van der Waals surface area contributed by atoms with E-state index < -0.39 is 0 Å². The number of halogens is 1. The fourth-order valence-corrected chi connectivity index (χ4v) is 2.90. The summed E-state index contributed by atoms with van der Waals surface area (Å²) >= 11 is 3.29. The molecule has 0 aliphatic carbocycles. The molecule has 0 saturated heterocycles. The fourth-order valence-electron chi connectivity index (χ4n) is 2.53. The summed E-state index contributed by atoms with van der Waals surface area (Å²) in [4.78, 5) is 39.1. The van der Waals surface area contributed by atoms with Crippen LogP contribution in [0.15, 0.2) is 22.7 Å². The maximum atomic E-state index is 12.3. The van der Waals surface area contributed by atoms with Crippen LogP contribution in [0, 0.1) is 0 Å². The smallest absolute Gasteiger partial charge is 0.317 e. The maximum absolute atomic E-state index is 12.3. The molecule has 130 valence electrons. The Bertz CT molecular complexity index is 650. The topological polar surface area (TPSA) is 89.9 Å². The number of urea groups is 1. The molecule has 1 heterocycles. The number of imide groups is 1. The molecule has 1 aliphatic rings. The molecule has 0 radical (unpaired) electrons. The quantitative estimate of drug-likeness (QED) is 0.538. The highest BCUT2D eigenvalue weighted by Crippen LogP contribution is 2.25. The van der Waals surface area contributed by atoms with Gasteiger partial charge < -0.3 is 15.3 Å². The predicted molar refractivity (Wildman–Crippen MR) is 91.9 cm³/mol. The Morgan fingerprint density at radius 2 is 2.00 bits per heavy atom. The number of nitrogens with zero attached hydrogens (tertiary/aromatic N) is 2. The number of hydrogen-bond acceptors (Lipinski definition) is 4. The number of fused-ring (bicyclic) bond motifs is 1. The summed E-state index contributed by atoms with van der Waals surface area (Å²) in [5, 5.41) is 11.6. The van der Waals surface area contributed by atoms with Gasteiger partial charge >= 0.3 is 6.03 Å². The Kier molecular flexibility index (Phi) is 6.33. The molecule has 0 aromatic heterocycles. The molecule has 2 N–H and O–H groups in total. The summed E-state index contributed by atoms with van der Waals surface area (Å²) in [7, 11) is 0. The molecule has 0 bridgehead atoms. The summed E-state index contributed by atoms with van der Waals surface area (Å²) in [6.45, 7) is 3.10. The van der Waals surface area contributed by atoms with E-state index in [0.29, 0.717) is 30.6 Å². The molecular formula is C16H20BrN3O4. The van der Waals surface area contributed by atoms with Gasteiger partial charge in [0.2, 0.25) is 0 Å². The summed E-state index contributed by atoms with van der Waals surface area (Å²) in [6, 6.07) is 4.74. The third-order valence-corrected chi connectivity index (χ3v) is 4.30. The van der Waals surface area contributed by atoms with Crippen molar-refractivity contribution in [2.45, 2.75) is 13.3 Å². The molecule has 24 heavy (non-hydrogen) atoms. The molecular weight excluding hydrogens is 378 g/mol. The third kappa shape index (κ3) is 3.93. The highest BCUT2D eigenvalue weighted by molar-refractivity contribution is 9.10. The van der Waals surface area contributed by atoms with Crippen molar-refractivity contribution in [1.29, 1.82) is 0 Å². The van der Waals surface area contributed by atoms with Gasteiger partial charge in [-0.05, 0) is 31.5 Å². The number of likely N-dealkylation sites (N-methyl/N-ethyl adjacent to an activating group) is 1. The summed E-state index contributed by atoms with van der Waals surface area (Å²) in [5.41, 5.74) is 0.811. The van der Waals surface area contributed by atoms with Crippen molar-refractivity contribution in [3.8, 4) is 0 Å². The van der Waals surface area contributed by atoms with E-state index >= 15 is 0 Å². The standard InChI is InChI=1S/C16H20BrN3O4/c1-2-19(8-9-21)16(24)18-6-3-7-20-14(22)12-5-4-11(17)10-13(12)15(20)23/h4-5,10,21H,2-3,6-9H2,1H3,(H,18,24). The second-order valence-corrected chi connectivity index (χ2v) is 6.26. The molecule has 8 heteroatoms. The van der Waals surface area contributed by atoms with E-state index in [0.717, 1.165) is 4.47 Å². The van der Waals surface area contributed by atoms with E-state index in [9.17, 15) is 14.4 Å². The molecule has 0 unspecified atom stereocenters. The molecule has 1 aliphatic heterocycles. The zero-order valence-electron chi connectivity index (χ0n) is 13.4. The average Bonchev–Trinajstić information content (AvgIpc) is 2.80. The van der Waals surface area contributed by atoms with Crippen LogP contribution in [-0.2, 0) is 0 Å². The lowest BCUT2D eigenvalue weighted by molar-refractivity contribution is 0.0653. The van der Waals surface area contributed by atoms with Gasteiger partial charge in [-0.1, -0.05) is 15.9 Å². The van der Waals surface area contributed by atoms with Crippen molar-refractivity contribution < 1.29 is 19.5 Å². The van der Waals surface area contributed by atoms with Gasteiger partial charge in [-0.25, -0.2) is 4.79 Å². The minimum atomic E-state index is -0.307. The van der Waals surface area contributed by atoms with Crippen LogP contribution in [0.25, 0.3) is 0 Å². The first-order chi connectivity index (χ1) is 11.5. The molecule has 1 aromatic carbocycles. The van der Waals surface area contributed by atoms with Gasteiger partial charge in [-0.2, -0.15) is 0 Å². The highest BCUT2D eigenvalue weighted by atomic mass is 79.9. The number of carbonyl (C=O) groups is 3. The number of rotatable bonds is 7. The van der Waals surface area contributed by atoms with Crippen molar-refractivity contribution in [3.63, 3.8) is 0 Å². The lowest BCUT2D eigenvalue weighted by atomic mass is 10.1. The second-order valence-electron chi connectivity index (χ2n) is 5.34. The number of aliphatic hydroxyl groups is 1. The Morgan fingerprint density at radius 1 is 1.29 bits per heavy atom. The van der Waals surface area contributed by atoms with Crippen LogP contribution in [0.1, 0.15) is 34.1 Å². The lowest BCUT2D eigenvalue weighted by Crippen LogP contribution is -2.42. The number of benzene rings is 1. The zero-order valence-corrected chi connectivity index (χ0v) is 15.0. The van der Waals surface area contributed by atoms with E-state index in [1.165, 1.54) is 9.80 Å². The Morgan fingerprint density at radius 3 is 2.67 bits per heavy atom. The Balaban J connectivity index is 1.85. The van der Waals surface area contributed by atoms with Crippen molar-refractivity contribution in [2.75, 3.05) is 32.8 Å². The first kappa shape index (κ1) is 18.4. The van der Waals surface area contributed by atoms with E-state index in [1.807, 2.05) is 6.92 Å². The van der Waals surface area contributed by atoms with Gasteiger partial charge in [0.15, 0.2) is 0 Å². The van der Waals surface area contributed by atoms with Gasteiger partial charge in [-0.3, -0.25) is 14.5 Å². The Hall–Kier alpha value is -1.93. The monoisotopic (exact) mass is 397 g/mol. The maximum Gasteiger partial charge on any atom is 0.317 e. The molecule has 2 rings (SSSR count). The van der Waals surface area contributed by atoms with Crippen LogP contribution in [0.5, 0.6) is 0 Å². The molecule has 4 amide bonds. The lowest BCUT2D eigenvalue weighted by Gasteiger charge is -2.20. The van der Waals surface area contributed by atoms with Crippen molar-refractivity contribution in [3.05, 3.63) is 33.8 Å². The Labute approximate surface area is 148 Å². The largest absolute Gasteiger partial charge is 0.395 e. The van der Waals surface area contributed by atoms with Gasteiger partial charge in [0.1, 0.15) is 0 Å². The summed E-state index contributed by atoms with van der Waals surface area (Å²) < 4.78 is 0.750. The van der Waals surface area contributed by atoms with Crippen molar-refractivity contribution in [1.82, 2.24) is 15.1 Å². The minimum Gasteiger partial charge on any atom is -0.395 e. The van der Waals surface area contributed by atoms with Crippen LogP contribution >= 0.6 is 15.9 Å². The van der Waals surface area contributed by atoms with E-state index in [2.05, 4.69) is 21.2 Å². The number of nitrogens with one attached hydrogen (secondary N) is 1. The van der Waals surface area contributed by atoms with Gasteiger partial charge in [0.05, 0.1) is 17.7 Å². The number of hydrogen-bond donors (Lipinski definition) is 2. The molecule has 0 spiro atoms.